The lowest BCUT2D eigenvalue weighted by Gasteiger charge is -2.18. The third-order valence-corrected chi connectivity index (χ3v) is 2.10. The molecule has 0 aromatic rings. The van der Waals surface area contributed by atoms with Crippen LogP contribution in [0.1, 0.15) is 13.3 Å². The predicted molar refractivity (Wildman–Crippen MR) is 51.5 cm³/mol. The number of carbonyl (C=O) groups is 2. The van der Waals surface area contributed by atoms with Crippen molar-refractivity contribution in [2.24, 2.45) is 11.8 Å². The Kier molecular flexibility index (Phi) is 5.60. The topological polar surface area (TPSA) is 52.6 Å². The maximum Gasteiger partial charge on any atom is 0.313 e. The van der Waals surface area contributed by atoms with E-state index in [4.69, 9.17) is 0 Å². The number of hydrogen-bond donors (Lipinski definition) is 0. The summed E-state index contributed by atoms with van der Waals surface area (Å²) in [7, 11) is 2.57. The fourth-order valence-electron chi connectivity index (χ4n) is 1.28. The Morgan fingerprint density at radius 3 is 2.07 bits per heavy atom. The Balaban J connectivity index is 4.69. The van der Waals surface area contributed by atoms with Crippen molar-refractivity contribution < 1.29 is 19.1 Å². The number of hydrogen-bond acceptors (Lipinski definition) is 4. The van der Waals surface area contributed by atoms with Gasteiger partial charge < -0.3 is 9.47 Å². The van der Waals surface area contributed by atoms with Crippen LogP contribution in [-0.2, 0) is 19.1 Å². The average molecular weight is 200 g/mol. The predicted octanol–water partition coefficient (Wildman–Crippen LogP) is 1.16. The number of methoxy groups -OCH3 is 2. The van der Waals surface area contributed by atoms with Crippen molar-refractivity contribution in [3.05, 3.63) is 12.7 Å². The van der Waals surface area contributed by atoms with Crippen LogP contribution in [0.4, 0.5) is 0 Å². The molecule has 4 heteroatoms. The third-order valence-electron chi connectivity index (χ3n) is 2.10. The van der Waals surface area contributed by atoms with E-state index in [0.29, 0.717) is 6.42 Å². The normalized spacial score (nSPS) is 13.9. The van der Waals surface area contributed by atoms with E-state index in [0.717, 1.165) is 0 Å². The van der Waals surface area contributed by atoms with Crippen LogP contribution in [-0.4, -0.2) is 26.2 Å². The molecule has 4 nitrogen and oxygen atoms in total. The second kappa shape index (κ2) is 6.18. The number of ether oxygens (including phenoxy) is 2. The molecule has 0 radical (unpaired) electrons. The monoisotopic (exact) mass is 200 g/mol. The molecule has 0 aliphatic carbocycles. The summed E-state index contributed by atoms with van der Waals surface area (Å²) in [5.41, 5.74) is 0. The molecule has 80 valence electrons. The molecule has 0 spiro atoms. The van der Waals surface area contributed by atoms with Crippen molar-refractivity contribution in [2.75, 3.05) is 14.2 Å². The first kappa shape index (κ1) is 12.7. The highest BCUT2D eigenvalue weighted by atomic mass is 16.5. The van der Waals surface area contributed by atoms with Crippen LogP contribution in [0.3, 0.4) is 0 Å². The van der Waals surface area contributed by atoms with Crippen molar-refractivity contribution in [1.82, 2.24) is 0 Å². The summed E-state index contributed by atoms with van der Waals surface area (Å²) in [5, 5.41) is 0. The van der Waals surface area contributed by atoms with Gasteiger partial charge in [-0.15, -0.1) is 6.58 Å². The number of rotatable bonds is 5. The van der Waals surface area contributed by atoms with Crippen molar-refractivity contribution in [2.45, 2.75) is 13.3 Å². The molecule has 0 fully saturated rings. The molecule has 0 heterocycles. The summed E-state index contributed by atoms with van der Waals surface area (Å²) >= 11 is 0. The lowest BCUT2D eigenvalue weighted by atomic mass is 9.90. The Hall–Kier alpha value is -1.32. The van der Waals surface area contributed by atoms with Gasteiger partial charge in [-0.05, 0) is 6.42 Å². The molecule has 2 atom stereocenters. The second-order valence-corrected chi connectivity index (χ2v) is 2.82. The largest absolute Gasteiger partial charge is 0.469 e. The SMILES string of the molecule is C=CC(C(=O)OC)C(CC)C(=O)OC. The fourth-order valence-corrected chi connectivity index (χ4v) is 1.28. The van der Waals surface area contributed by atoms with Gasteiger partial charge in [-0.25, -0.2) is 0 Å². The van der Waals surface area contributed by atoms with E-state index in [9.17, 15) is 9.59 Å². The van der Waals surface area contributed by atoms with Crippen molar-refractivity contribution in [1.29, 1.82) is 0 Å². The van der Waals surface area contributed by atoms with E-state index in [1.807, 2.05) is 0 Å². The van der Waals surface area contributed by atoms with Crippen LogP contribution in [0.5, 0.6) is 0 Å². The molecule has 0 bridgehead atoms. The van der Waals surface area contributed by atoms with Gasteiger partial charge in [0.1, 0.15) is 0 Å². The lowest BCUT2D eigenvalue weighted by molar-refractivity contribution is -0.155. The molecule has 0 aromatic carbocycles. The lowest BCUT2D eigenvalue weighted by Crippen LogP contribution is -2.29. The van der Waals surface area contributed by atoms with Gasteiger partial charge in [-0.2, -0.15) is 0 Å². The third kappa shape index (κ3) is 2.87. The minimum absolute atomic E-state index is 0.414. The van der Waals surface area contributed by atoms with Gasteiger partial charge in [-0.1, -0.05) is 13.0 Å². The van der Waals surface area contributed by atoms with Gasteiger partial charge in [0.15, 0.2) is 0 Å². The van der Waals surface area contributed by atoms with Crippen LogP contribution in [0, 0.1) is 11.8 Å². The molecule has 2 unspecified atom stereocenters. The Morgan fingerprint density at radius 1 is 1.29 bits per heavy atom. The molecule has 0 saturated carbocycles. The van der Waals surface area contributed by atoms with Crippen LogP contribution in [0.2, 0.25) is 0 Å². The Labute approximate surface area is 83.9 Å². The maximum absolute atomic E-state index is 11.3. The van der Waals surface area contributed by atoms with E-state index in [1.54, 1.807) is 6.92 Å². The molecule has 0 aromatic heterocycles. The highest BCUT2D eigenvalue weighted by molar-refractivity contribution is 5.83. The van der Waals surface area contributed by atoms with E-state index < -0.39 is 23.8 Å². The molecule has 0 N–H and O–H groups in total. The molecular weight excluding hydrogens is 184 g/mol. The van der Waals surface area contributed by atoms with Crippen molar-refractivity contribution in [3.63, 3.8) is 0 Å². The van der Waals surface area contributed by atoms with Gasteiger partial charge in [-0.3, -0.25) is 9.59 Å². The summed E-state index contributed by atoms with van der Waals surface area (Å²) in [4.78, 5) is 22.5. The molecule has 0 rings (SSSR count). The summed E-state index contributed by atoms with van der Waals surface area (Å²) < 4.78 is 9.15. The first-order chi connectivity index (χ1) is 6.62. The van der Waals surface area contributed by atoms with E-state index >= 15 is 0 Å². The van der Waals surface area contributed by atoms with E-state index in [-0.39, 0.29) is 0 Å². The van der Waals surface area contributed by atoms with Crippen LogP contribution in [0.25, 0.3) is 0 Å². The first-order valence-corrected chi connectivity index (χ1v) is 4.40. The minimum Gasteiger partial charge on any atom is -0.469 e. The number of carbonyl (C=O) groups excluding carboxylic acids is 2. The standard InChI is InChI=1S/C10H16O4/c1-5-7(9(11)13-3)8(6-2)10(12)14-4/h5,7-8H,1,6H2,2-4H3. The fraction of sp³-hybridized carbons (Fsp3) is 0.600. The highest BCUT2D eigenvalue weighted by Crippen LogP contribution is 2.19. The maximum atomic E-state index is 11.3. The molecular formula is C10H16O4. The smallest absolute Gasteiger partial charge is 0.313 e. The zero-order chi connectivity index (χ0) is 11.1. The van der Waals surface area contributed by atoms with Gasteiger partial charge >= 0.3 is 11.9 Å². The van der Waals surface area contributed by atoms with Crippen molar-refractivity contribution >= 4 is 11.9 Å². The molecule has 14 heavy (non-hydrogen) atoms. The summed E-state index contributed by atoms with van der Waals surface area (Å²) in [6.45, 7) is 5.31. The second-order valence-electron chi connectivity index (χ2n) is 2.82. The zero-order valence-electron chi connectivity index (χ0n) is 8.78. The molecule has 0 aliphatic rings. The minimum atomic E-state index is -0.627. The van der Waals surface area contributed by atoms with Crippen LogP contribution in [0.15, 0.2) is 12.7 Å². The van der Waals surface area contributed by atoms with Crippen LogP contribution >= 0.6 is 0 Å². The van der Waals surface area contributed by atoms with Gasteiger partial charge in [0.05, 0.1) is 26.1 Å². The summed E-state index contributed by atoms with van der Waals surface area (Å²) in [6.07, 6.45) is 1.93. The zero-order valence-corrected chi connectivity index (χ0v) is 8.78. The van der Waals surface area contributed by atoms with Gasteiger partial charge in [0.25, 0.3) is 0 Å². The summed E-state index contributed by atoms with van der Waals surface area (Å²) in [5.74, 6) is -2.01. The quantitative estimate of drug-likeness (QED) is 0.493. The average Bonchev–Trinajstić information content (AvgIpc) is 2.23. The van der Waals surface area contributed by atoms with E-state index in [1.165, 1.54) is 20.3 Å². The van der Waals surface area contributed by atoms with Crippen LogP contribution < -0.4 is 0 Å². The number of esters is 2. The van der Waals surface area contributed by atoms with Gasteiger partial charge in [0, 0.05) is 0 Å². The van der Waals surface area contributed by atoms with E-state index in [2.05, 4.69) is 16.1 Å². The van der Waals surface area contributed by atoms with Gasteiger partial charge in [0.2, 0.25) is 0 Å². The molecule has 0 saturated heterocycles. The summed E-state index contributed by atoms with van der Waals surface area (Å²) in [6, 6.07) is 0. The molecule has 0 aliphatic heterocycles. The molecule has 0 amide bonds. The first-order valence-electron chi connectivity index (χ1n) is 4.40. The Morgan fingerprint density at radius 2 is 1.79 bits per heavy atom. The highest BCUT2D eigenvalue weighted by Gasteiger charge is 2.31. The Bertz CT molecular complexity index is 222. The van der Waals surface area contributed by atoms with Crippen molar-refractivity contribution in [3.8, 4) is 0 Å².